The number of hydrogen-bond donors (Lipinski definition) is 18. The maximum atomic E-state index is 12.6. The van der Waals surface area contributed by atoms with Crippen LogP contribution in [0.4, 0.5) is 99.9 Å². The number of nitrogens with one attached hydrogen (secondary N) is 11. The van der Waals surface area contributed by atoms with Crippen LogP contribution >= 0.6 is 0 Å². The molecule has 0 radical (unpaired) electrons. The van der Waals surface area contributed by atoms with E-state index in [1.807, 2.05) is 131 Å². The van der Waals surface area contributed by atoms with Gasteiger partial charge in [0.1, 0.15) is 74.9 Å². The van der Waals surface area contributed by atoms with Crippen LogP contribution in [-0.4, -0.2) is 323 Å². The number of nitrogen functional groups attached to an aromatic ring is 7. The SMILES string of the molecule is CN[C@@H]1CCN(c2cc(-c3cc(C(F)F)[nH]n3)nc(N)n2)C1.CN[C@@H]1CCN(c2cc(-c3cc(C)[nH]n3)nc(N)n2)C1.CN[C@@H]1CCN(c2cc(-c3cc(C4CC4)[nH]n3)nc(N)n2)C1.CN[C@@H]1CCN(c2cc(-c3ccn(C(F)F)n3)nc(N)n2)C1.CN[C@@H]1CCN(c2cc(-c3ccn(C)n3)nc(N)n2)C1.CN[C@@H]1CCN(c2cc(-c3ccn[nH]3)nc(N)n2)C1.CN[C@@H]1CCN(c2cc(-c3ccnn3C)nc(N)n2)C1. The Balaban J connectivity index is 0.000000121. The monoisotopic (exact) mass is 2000 g/mol. The Morgan fingerprint density at radius 3 is 0.945 bits per heavy atom. The van der Waals surface area contributed by atoms with Gasteiger partial charge in [0, 0.05) is 233 Å². The fourth-order valence-electron chi connectivity index (χ4n) is 18.0. The summed E-state index contributed by atoms with van der Waals surface area (Å²) < 4.78 is 54.6. The molecule has 0 aromatic carbocycles. The van der Waals surface area contributed by atoms with Crippen molar-refractivity contribution in [3.05, 3.63) is 127 Å². The average molecular weight is 2000 g/mol. The number of aromatic amines is 4. The zero-order valence-corrected chi connectivity index (χ0v) is 82.8. The predicted molar refractivity (Wildman–Crippen MR) is 552 cm³/mol. The van der Waals surface area contributed by atoms with E-state index in [2.05, 4.69) is 203 Å². The second-order valence-corrected chi connectivity index (χ2v) is 36.4. The predicted octanol–water partition coefficient (Wildman–Crippen LogP) is 4.74. The standard InChI is InChI=1S/C15H21N7.2C13H17F2N7.3C13H19N7.C12H17N7/c1-17-10-4-5-22(8-10)14-7-12(18-15(16)19-14)13-6-11(20-21-13)9-2-3-9;1-17-8-2-4-21(7-8)11-6-10(18-13(16)19-11)9-3-5-22(20-9)12(14)15;1-17-7-2-3-22(6-7)11-5-8(18-13(16)19-11)9-4-10(12(14)15)21-20-9;1-15-9-3-6-20(8-9)12-7-11(16-13(14)17-12)10-4-5-19(2)18-10;1-15-9-4-6-20(8-9)12-7-10(17-13(14)18-12)11-3-5-16-19(11)2;1-8-5-11(19-18-8)10-6-12(17-13(14)16-10)20-4-3-9(7-20)15-2;1-14-8-3-5-19(7-8)11-6-10(16-12(13)17-11)9-2-4-15-18-9/h6-7,9-10,17H,2-5,8H2,1H3,(H,20,21)(H2,16,18,19);3,5-6,8,12,17H,2,4,7H2,1H3,(H2,16,18,19);4-5,7,12,17H,2-3,6H2,1H3,(H,20,21)(H2,16,18,19);4-5,7,9,15H,3,6,8H2,1-2H3,(H2,14,16,17);3,5,7,9,15H,4,6,8H2,1-2H3,(H2,14,17,18);5-6,9,15H,3-4,7H2,1-2H3,(H,18,19)(H2,14,16,17);2,4,6,8,14H,3,5,7H2,1H3,(H,15,18)(H2,13,16,17)/t10-;8-;7-;3*9-;8-/m1111111/s1. The lowest BCUT2D eigenvalue weighted by Gasteiger charge is -2.18. The molecule has 53 heteroatoms. The lowest BCUT2D eigenvalue weighted by molar-refractivity contribution is 0.0568. The van der Waals surface area contributed by atoms with Gasteiger partial charge >= 0.3 is 6.55 Å². The number of nitrogens with two attached hydrogens (primary N) is 7. The minimum absolute atomic E-state index is 0.0991. The molecule has 1 aliphatic carbocycles. The molecule has 14 aromatic rings. The Morgan fingerprint density at radius 1 is 0.324 bits per heavy atom. The van der Waals surface area contributed by atoms with Crippen LogP contribution in [0.25, 0.3) is 79.7 Å². The fraction of sp³-hybridized carbons (Fsp3) is 0.467. The molecule has 0 spiro atoms. The third-order valence-electron chi connectivity index (χ3n) is 26.4. The number of aryl methyl sites for hydroxylation is 3. The van der Waals surface area contributed by atoms with Crippen molar-refractivity contribution >= 4 is 82.4 Å². The quantitative estimate of drug-likeness (QED) is 0.0363. The number of rotatable bonds is 24. The molecule has 49 nitrogen and oxygen atoms in total. The molecule has 0 unspecified atom stereocenters. The number of H-pyrrole nitrogens is 4. The zero-order valence-electron chi connectivity index (χ0n) is 82.8. The van der Waals surface area contributed by atoms with Crippen LogP contribution in [-0.2, 0) is 14.1 Å². The van der Waals surface area contributed by atoms with Crippen molar-refractivity contribution in [2.45, 2.75) is 126 Å². The van der Waals surface area contributed by atoms with Gasteiger partial charge in [-0.1, -0.05) is 0 Å². The number of hydrogen-bond acceptors (Lipinski definition) is 42. The van der Waals surface area contributed by atoms with E-state index < -0.39 is 13.0 Å². The van der Waals surface area contributed by atoms with Crippen molar-refractivity contribution in [3.63, 3.8) is 0 Å². The second-order valence-electron chi connectivity index (χ2n) is 36.4. The van der Waals surface area contributed by atoms with Gasteiger partial charge in [-0.15, -0.1) is 0 Å². The lowest BCUT2D eigenvalue weighted by atomic mass is 10.2. The lowest BCUT2D eigenvalue weighted by Crippen LogP contribution is -2.30. The Labute approximate surface area is 835 Å². The van der Waals surface area contributed by atoms with E-state index in [1.165, 1.54) is 36.9 Å². The second kappa shape index (κ2) is 47.3. The largest absolute Gasteiger partial charge is 0.368 e. The summed E-state index contributed by atoms with van der Waals surface area (Å²) in [7, 11) is 17.6. The summed E-state index contributed by atoms with van der Waals surface area (Å²) in [4.78, 5) is 75.2. The molecule has 1 saturated carbocycles. The van der Waals surface area contributed by atoms with E-state index >= 15 is 0 Å². The molecular weight excluding hydrogens is 1870 g/mol. The molecule has 770 valence electrons. The summed E-state index contributed by atoms with van der Waals surface area (Å²) in [5.74, 6) is 8.05. The molecular formula is C92H129F4N49. The molecule has 7 atom stereocenters. The van der Waals surface area contributed by atoms with Crippen LogP contribution < -0.4 is 112 Å². The van der Waals surface area contributed by atoms with E-state index in [1.54, 1.807) is 33.9 Å². The third kappa shape index (κ3) is 26.6. The Bertz CT molecular complexity index is 6160. The van der Waals surface area contributed by atoms with Gasteiger partial charge < -0.3 is 112 Å². The molecule has 7 aliphatic heterocycles. The number of alkyl halides is 4. The van der Waals surface area contributed by atoms with Crippen molar-refractivity contribution in [1.82, 2.24) is 177 Å². The van der Waals surface area contributed by atoms with Gasteiger partial charge in [-0.2, -0.15) is 79.4 Å². The Morgan fingerprint density at radius 2 is 0.648 bits per heavy atom. The highest BCUT2D eigenvalue weighted by Crippen LogP contribution is 2.41. The first-order valence-corrected chi connectivity index (χ1v) is 48.3. The molecule has 8 fully saturated rings. The van der Waals surface area contributed by atoms with Gasteiger partial charge in [0.2, 0.25) is 41.6 Å². The topological polar surface area (TPSA) is 638 Å². The van der Waals surface area contributed by atoms with Crippen LogP contribution in [0.2, 0.25) is 0 Å². The number of likely N-dealkylation sites (N-methyl/N-ethyl adjacent to an activating group) is 7. The third-order valence-corrected chi connectivity index (χ3v) is 26.4. The first-order valence-electron chi connectivity index (χ1n) is 48.3. The number of aromatic nitrogens is 28. The van der Waals surface area contributed by atoms with Crippen LogP contribution in [0.3, 0.4) is 0 Å². The highest BCUT2D eigenvalue weighted by molar-refractivity contribution is 5.68. The Hall–Kier alpha value is -15.3. The van der Waals surface area contributed by atoms with Gasteiger partial charge in [0.15, 0.2) is 0 Å². The highest BCUT2D eigenvalue weighted by Gasteiger charge is 2.33. The fourth-order valence-corrected chi connectivity index (χ4v) is 18.0. The van der Waals surface area contributed by atoms with Crippen LogP contribution in [0.1, 0.15) is 93.8 Å². The summed E-state index contributed by atoms with van der Waals surface area (Å²) in [6, 6.07) is 29.1. The molecule has 0 amide bonds. The minimum Gasteiger partial charge on any atom is -0.368 e. The summed E-state index contributed by atoms with van der Waals surface area (Å²) in [5.41, 5.74) is 52.4. The first kappa shape index (κ1) is 103. The molecule has 0 bridgehead atoms. The maximum Gasteiger partial charge on any atom is 0.333 e. The van der Waals surface area contributed by atoms with Crippen molar-refractivity contribution in [2.75, 3.05) is 215 Å². The van der Waals surface area contributed by atoms with E-state index in [0.29, 0.717) is 99.2 Å². The van der Waals surface area contributed by atoms with Crippen LogP contribution in [0.15, 0.2) is 110 Å². The first-order chi connectivity index (χ1) is 70.1. The van der Waals surface area contributed by atoms with Crippen molar-refractivity contribution in [3.8, 4) is 79.7 Å². The van der Waals surface area contributed by atoms with Gasteiger partial charge in [-0.25, -0.2) is 48.4 Å². The maximum absolute atomic E-state index is 12.6. The Kier molecular flexibility index (Phi) is 33.4. The van der Waals surface area contributed by atoms with Crippen molar-refractivity contribution in [1.29, 1.82) is 0 Å². The van der Waals surface area contributed by atoms with Gasteiger partial charge in [0.25, 0.3) is 6.43 Å². The summed E-state index contributed by atoms with van der Waals surface area (Å²) in [6.45, 7) is 12.2. The van der Waals surface area contributed by atoms with E-state index in [9.17, 15) is 17.6 Å². The van der Waals surface area contributed by atoms with E-state index in [-0.39, 0.29) is 35.4 Å². The normalized spacial score (nSPS) is 19.1. The number of halogens is 4. The van der Waals surface area contributed by atoms with E-state index in [0.717, 1.165) is 228 Å². The molecule has 8 aliphatic rings. The average Bonchev–Trinajstić information content (AvgIpc) is 1.60. The highest BCUT2D eigenvalue weighted by atomic mass is 19.3. The number of anilines is 14. The van der Waals surface area contributed by atoms with Gasteiger partial charge in [-0.05, 0) is 157 Å². The molecule has 21 heterocycles. The van der Waals surface area contributed by atoms with Gasteiger partial charge in [-0.3, -0.25) is 29.8 Å². The van der Waals surface area contributed by atoms with Gasteiger partial charge in [0.05, 0.1) is 51.2 Å². The molecule has 145 heavy (non-hydrogen) atoms. The molecule has 25 N–H and O–H groups in total. The molecule has 7 saturated heterocycles. The summed E-state index contributed by atoms with van der Waals surface area (Å²) in [5, 5.41) is 62.9. The molecule has 22 rings (SSSR count). The summed E-state index contributed by atoms with van der Waals surface area (Å²) >= 11 is 0. The van der Waals surface area contributed by atoms with E-state index in [4.69, 9.17) is 40.1 Å². The summed E-state index contributed by atoms with van der Waals surface area (Å²) in [6.07, 6.45) is 14.0. The molecule has 14 aromatic heterocycles. The van der Waals surface area contributed by atoms with Crippen molar-refractivity contribution < 1.29 is 17.6 Å². The van der Waals surface area contributed by atoms with Crippen LogP contribution in [0.5, 0.6) is 0 Å². The van der Waals surface area contributed by atoms with Crippen LogP contribution in [0, 0.1) is 6.92 Å². The van der Waals surface area contributed by atoms with Crippen molar-refractivity contribution in [2.24, 2.45) is 14.1 Å². The zero-order chi connectivity index (χ0) is 102. The smallest absolute Gasteiger partial charge is 0.333 e. The number of nitrogens with zero attached hydrogens (tertiary/aromatic N) is 31. The minimum atomic E-state index is -2.68.